The Bertz CT molecular complexity index is 875. The molecule has 0 radical (unpaired) electrons. The summed E-state index contributed by atoms with van der Waals surface area (Å²) in [7, 11) is 3.22. The summed E-state index contributed by atoms with van der Waals surface area (Å²) in [6.45, 7) is 5.94. The van der Waals surface area contributed by atoms with Crippen LogP contribution in [0.3, 0.4) is 0 Å². The van der Waals surface area contributed by atoms with Crippen molar-refractivity contribution < 1.29 is 28.4 Å². The van der Waals surface area contributed by atoms with Crippen LogP contribution in [0.1, 0.15) is 24.2 Å². The molecule has 2 heterocycles. The zero-order valence-electron chi connectivity index (χ0n) is 15.6. The van der Waals surface area contributed by atoms with Gasteiger partial charge in [0, 0.05) is 5.56 Å². The van der Waals surface area contributed by atoms with Crippen LogP contribution < -0.4 is 28.4 Å². The third-order valence-corrected chi connectivity index (χ3v) is 4.67. The highest BCUT2D eigenvalue weighted by molar-refractivity contribution is 5.58. The third kappa shape index (κ3) is 3.01. The quantitative estimate of drug-likeness (QED) is 0.740. The molecule has 2 aliphatic heterocycles. The summed E-state index contributed by atoms with van der Waals surface area (Å²) in [5.74, 6) is 3.77. The van der Waals surface area contributed by atoms with E-state index in [0.29, 0.717) is 40.9 Å². The molecule has 0 saturated carbocycles. The Hall–Kier alpha value is -3.02. The van der Waals surface area contributed by atoms with Gasteiger partial charge in [0.25, 0.3) is 0 Å². The van der Waals surface area contributed by atoms with Crippen molar-refractivity contribution in [2.75, 3.05) is 21.0 Å². The molecule has 0 aliphatic carbocycles. The molecule has 6 nitrogen and oxygen atoms in total. The summed E-state index contributed by atoms with van der Waals surface area (Å²) in [5.41, 5.74) is 1.93. The predicted octanol–water partition coefficient (Wildman–Crippen LogP) is 4.06. The van der Waals surface area contributed by atoms with E-state index in [-0.39, 0.29) is 19.0 Å². The van der Waals surface area contributed by atoms with Crippen molar-refractivity contribution in [2.45, 2.75) is 25.6 Å². The second-order valence-corrected chi connectivity index (χ2v) is 6.44. The van der Waals surface area contributed by atoms with Gasteiger partial charge in [-0.25, -0.2) is 0 Å². The number of allylic oxidation sites excluding steroid dienone is 1. The number of ether oxygens (including phenoxy) is 6. The average molecular weight is 370 g/mol. The van der Waals surface area contributed by atoms with E-state index in [1.165, 1.54) is 0 Å². The minimum absolute atomic E-state index is 0.178. The summed E-state index contributed by atoms with van der Waals surface area (Å²) in [6, 6.07) is 7.71. The largest absolute Gasteiger partial charge is 0.493 e. The Kier molecular flexibility index (Phi) is 4.48. The van der Waals surface area contributed by atoms with Gasteiger partial charge in [0.2, 0.25) is 18.3 Å². The van der Waals surface area contributed by atoms with Crippen molar-refractivity contribution >= 4 is 0 Å². The first-order valence-electron chi connectivity index (χ1n) is 8.77. The van der Waals surface area contributed by atoms with Crippen molar-refractivity contribution in [3.63, 3.8) is 0 Å². The molecule has 27 heavy (non-hydrogen) atoms. The summed E-state index contributed by atoms with van der Waals surface area (Å²) in [5, 5.41) is 0. The van der Waals surface area contributed by atoms with E-state index in [2.05, 4.69) is 6.58 Å². The lowest BCUT2D eigenvalue weighted by atomic mass is 10.0. The lowest BCUT2D eigenvalue weighted by Gasteiger charge is -2.33. The van der Waals surface area contributed by atoms with Gasteiger partial charge in [0.05, 0.1) is 14.2 Å². The maximum Gasteiger partial charge on any atom is 0.231 e. The molecule has 0 saturated heterocycles. The van der Waals surface area contributed by atoms with Gasteiger partial charge in [-0.2, -0.15) is 0 Å². The molecule has 0 spiro atoms. The lowest BCUT2D eigenvalue weighted by molar-refractivity contribution is 0.0279. The molecule has 2 atom stereocenters. The fourth-order valence-electron chi connectivity index (χ4n) is 3.40. The highest BCUT2D eigenvalue weighted by Gasteiger charge is 2.34. The fourth-order valence-corrected chi connectivity index (χ4v) is 3.40. The zero-order valence-corrected chi connectivity index (χ0v) is 15.6. The van der Waals surface area contributed by atoms with Crippen LogP contribution in [0, 0.1) is 0 Å². The Morgan fingerprint density at radius 2 is 1.78 bits per heavy atom. The highest BCUT2D eigenvalue weighted by atomic mass is 16.7. The number of hydrogen-bond acceptors (Lipinski definition) is 6. The molecule has 2 aromatic carbocycles. The number of rotatable bonds is 5. The normalized spacial score (nSPS) is 19.5. The fraction of sp³-hybridized carbons (Fsp3) is 0.333. The van der Waals surface area contributed by atoms with Gasteiger partial charge in [-0.15, -0.1) is 6.58 Å². The minimum Gasteiger partial charge on any atom is -0.493 e. The van der Waals surface area contributed by atoms with E-state index >= 15 is 0 Å². The van der Waals surface area contributed by atoms with Crippen LogP contribution in [-0.4, -0.2) is 27.1 Å². The molecule has 0 bridgehead atoms. The van der Waals surface area contributed by atoms with Crippen LogP contribution in [0.25, 0.3) is 0 Å². The summed E-state index contributed by atoms with van der Waals surface area (Å²) in [4.78, 5) is 0. The van der Waals surface area contributed by atoms with Crippen molar-refractivity contribution in [1.82, 2.24) is 0 Å². The molecule has 2 aromatic rings. The SMILES string of the molecule is C=CCc1cc(OC)c2c(c1)O[C@@H](c1cc(OC)c3c(c1)OCO3)[C@@H](C)O2. The standard InChI is InChI=1S/C21H22O6/c1-5-6-13-7-15(22-3)21-18(8-13)27-19(12(2)26-21)14-9-16(23-4)20-17(10-14)24-11-25-20/h5,7-10,12,19H,1,6,11H2,2-4H3/t12-,19-/m1/s1. The summed E-state index contributed by atoms with van der Waals surface area (Å²) in [6.07, 6.45) is 1.99. The monoisotopic (exact) mass is 370 g/mol. The van der Waals surface area contributed by atoms with Gasteiger partial charge < -0.3 is 28.4 Å². The highest BCUT2D eigenvalue weighted by Crippen LogP contribution is 2.49. The summed E-state index contributed by atoms with van der Waals surface area (Å²) < 4.78 is 34.4. The first kappa shape index (κ1) is 17.4. The number of fused-ring (bicyclic) bond motifs is 2. The molecule has 0 unspecified atom stereocenters. The van der Waals surface area contributed by atoms with E-state index in [4.69, 9.17) is 28.4 Å². The minimum atomic E-state index is -0.329. The van der Waals surface area contributed by atoms with E-state index in [1.807, 2.05) is 37.3 Å². The van der Waals surface area contributed by atoms with E-state index in [1.54, 1.807) is 14.2 Å². The Morgan fingerprint density at radius 3 is 2.52 bits per heavy atom. The Balaban J connectivity index is 1.73. The molecule has 6 heteroatoms. The smallest absolute Gasteiger partial charge is 0.231 e. The van der Waals surface area contributed by atoms with E-state index < -0.39 is 0 Å². The first-order chi connectivity index (χ1) is 13.1. The third-order valence-electron chi connectivity index (χ3n) is 4.67. The van der Waals surface area contributed by atoms with Crippen LogP contribution in [0.15, 0.2) is 36.9 Å². The van der Waals surface area contributed by atoms with Crippen LogP contribution in [0.4, 0.5) is 0 Å². The number of hydrogen-bond donors (Lipinski definition) is 0. The van der Waals surface area contributed by atoms with Crippen molar-refractivity contribution in [3.8, 4) is 34.5 Å². The van der Waals surface area contributed by atoms with Gasteiger partial charge in [-0.05, 0) is 43.2 Å². The van der Waals surface area contributed by atoms with E-state index in [0.717, 1.165) is 11.1 Å². The predicted molar refractivity (Wildman–Crippen MR) is 99.5 cm³/mol. The van der Waals surface area contributed by atoms with Crippen molar-refractivity contribution in [1.29, 1.82) is 0 Å². The van der Waals surface area contributed by atoms with Crippen LogP contribution in [0.5, 0.6) is 34.5 Å². The van der Waals surface area contributed by atoms with Crippen LogP contribution >= 0.6 is 0 Å². The molecular weight excluding hydrogens is 348 g/mol. The van der Waals surface area contributed by atoms with E-state index in [9.17, 15) is 0 Å². The maximum atomic E-state index is 6.33. The van der Waals surface area contributed by atoms with Gasteiger partial charge in [-0.3, -0.25) is 0 Å². The molecule has 0 N–H and O–H groups in total. The van der Waals surface area contributed by atoms with Crippen molar-refractivity contribution in [2.24, 2.45) is 0 Å². The van der Waals surface area contributed by atoms with Crippen LogP contribution in [0.2, 0.25) is 0 Å². The molecular formula is C21H22O6. The molecule has 0 fully saturated rings. The second-order valence-electron chi connectivity index (χ2n) is 6.44. The first-order valence-corrected chi connectivity index (χ1v) is 8.77. The lowest BCUT2D eigenvalue weighted by Crippen LogP contribution is -2.31. The Labute approximate surface area is 158 Å². The zero-order chi connectivity index (χ0) is 19.0. The molecule has 4 rings (SSSR count). The molecule has 0 amide bonds. The van der Waals surface area contributed by atoms with Crippen LogP contribution in [-0.2, 0) is 6.42 Å². The average Bonchev–Trinajstić information content (AvgIpc) is 3.15. The molecule has 142 valence electrons. The van der Waals surface area contributed by atoms with Gasteiger partial charge in [0.15, 0.2) is 29.1 Å². The number of benzene rings is 2. The second kappa shape index (κ2) is 6.95. The van der Waals surface area contributed by atoms with Gasteiger partial charge >= 0.3 is 0 Å². The molecule has 2 aliphatic rings. The number of methoxy groups -OCH3 is 2. The summed E-state index contributed by atoms with van der Waals surface area (Å²) >= 11 is 0. The van der Waals surface area contributed by atoms with Gasteiger partial charge in [-0.1, -0.05) is 6.08 Å². The Morgan fingerprint density at radius 1 is 1.00 bits per heavy atom. The van der Waals surface area contributed by atoms with Crippen molar-refractivity contribution in [3.05, 3.63) is 48.0 Å². The topological polar surface area (TPSA) is 55.4 Å². The molecule has 0 aromatic heterocycles. The maximum absolute atomic E-state index is 6.33. The van der Waals surface area contributed by atoms with Gasteiger partial charge in [0.1, 0.15) is 6.10 Å².